The second-order valence-corrected chi connectivity index (χ2v) is 6.77. The molecule has 0 aromatic carbocycles. The van der Waals surface area contributed by atoms with Gasteiger partial charge in [-0.2, -0.15) is 0 Å². The van der Waals surface area contributed by atoms with Crippen LogP contribution in [0, 0.1) is 12.8 Å². The van der Waals surface area contributed by atoms with Gasteiger partial charge in [0.15, 0.2) is 0 Å². The van der Waals surface area contributed by atoms with Gasteiger partial charge in [-0.05, 0) is 32.7 Å². The Morgan fingerprint density at radius 3 is 2.75 bits per heavy atom. The van der Waals surface area contributed by atoms with Crippen molar-refractivity contribution in [1.29, 1.82) is 0 Å². The summed E-state index contributed by atoms with van der Waals surface area (Å²) < 4.78 is 30.4. The van der Waals surface area contributed by atoms with Crippen molar-refractivity contribution in [2.45, 2.75) is 30.9 Å². The summed E-state index contributed by atoms with van der Waals surface area (Å²) in [6.07, 6.45) is 2.21. The van der Waals surface area contributed by atoms with Crippen LogP contribution in [0.3, 0.4) is 0 Å². The zero-order valence-electron chi connectivity index (χ0n) is 11.5. The first-order chi connectivity index (χ1) is 9.35. The third kappa shape index (κ3) is 3.20. The molecule has 0 bridgehead atoms. The van der Waals surface area contributed by atoms with Gasteiger partial charge in [-0.1, -0.05) is 0 Å². The van der Waals surface area contributed by atoms with Gasteiger partial charge in [0.2, 0.25) is 5.09 Å². The molecular formula is C12H19N3O4S. The van der Waals surface area contributed by atoms with Crippen LogP contribution in [-0.2, 0) is 10.0 Å². The highest BCUT2D eigenvalue weighted by Gasteiger charge is 2.29. The molecule has 4 N–H and O–H groups in total. The Morgan fingerprint density at radius 1 is 1.55 bits per heavy atom. The highest BCUT2D eigenvalue weighted by molar-refractivity contribution is 7.89. The van der Waals surface area contributed by atoms with Crippen LogP contribution in [0.4, 0.5) is 0 Å². The normalized spacial score (nSPS) is 16.9. The Kier molecular flexibility index (Phi) is 4.17. The van der Waals surface area contributed by atoms with Crippen molar-refractivity contribution in [3.63, 3.8) is 0 Å². The fraction of sp³-hybridized carbons (Fsp3) is 0.583. The third-order valence-corrected chi connectivity index (χ3v) is 4.67. The zero-order valence-corrected chi connectivity index (χ0v) is 12.3. The highest BCUT2D eigenvalue weighted by atomic mass is 32.2. The molecule has 1 heterocycles. The number of carbonyl (C=O) groups is 1. The average molecular weight is 301 g/mol. The number of amides is 1. The molecule has 0 saturated heterocycles. The number of aryl methyl sites for hydroxylation is 1. The second-order valence-electron chi connectivity index (χ2n) is 4.95. The van der Waals surface area contributed by atoms with E-state index in [1.807, 2.05) is 0 Å². The molecule has 0 aliphatic heterocycles. The number of nitrogens with two attached hydrogens (primary N) is 1. The van der Waals surface area contributed by atoms with Crippen molar-refractivity contribution in [2.24, 2.45) is 11.7 Å². The Bertz CT molecular complexity index is 604. The van der Waals surface area contributed by atoms with Gasteiger partial charge in [0.05, 0.1) is 5.56 Å². The SMILES string of the molecule is CNS(=O)(=O)c1cc(C(=O)NCC(N)C2CC2)c(C)o1. The van der Waals surface area contributed by atoms with Crippen molar-refractivity contribution in [3.05, 3.63) is 17.4 Å². The summed E-state index contributed by atoms with van der Waals surface area (Å²) in [5.74, 6) is 0.372. The number of rotatable bonds is 6. The van der Waals surface area contributed by atoms with Crippen LogP contribution in [0.5, 0.6) is 0 Å². The number of carbonyl (C=O) groups excluding carboxylic acids is 1. The lowest BCUT2D eigenvalue weighted by Crippen LogP contribution is -2.38. The molecule has 1 aromatic heterocycles. The molecule has 112 valence electrons. The molecule has 1 aromatic rings. The summed E-state index contributed by atoms with van der Waals surface area (Å²) in [5.41, 5.74) is 6.11. The molecular weight excluding hydrogens is 282 g/mol. The minimum Gasteiger partial charge on any atom is -0.448 e. The van der Waals surface area contributed by atoms with Crippen molar-refractivity contribution in [1.82, 2.24) is 10.0 Å². The van der Waals surface area contributed by atoms with Gasteiger partial charge in [0.1, 0.15) is 5.76 Å². The molecule has 20 heavy (non-hydrogen) atoms. The Morgan fingerprint density at radius 2 is 2.20 bits per heavy atom. The third-order valence-electron chi connectivity index (χ3n) is 3.40. The molecule has 1 aliphatic carbocycles. The molecule has 2 rings (SSSR count). The van der Waals surface area contributed by atoms with E-state index in [-0.39, 0.29) is 28.4 Å². The Labute approximate surface area is 118 Å². The summed E-state index contributed by atoms with van der Waals surface area (Å²) in [5, 5.41) is 2.44. The van der Waals surface area contributed by atoms with E-state index in [0.717, 1.165) is 12.8 Å². The van der Waals surface area contributed by atoms with Gasteiger partial charge < -0.3 is 15.5 Å². The van der Waals surface area contributed by atoms with Crippen molar-refractivity contribution in [2.75, 3.05) is 13.6 Å². The molecule has 7 nitrogen and oxygen atoms in total. The quantitative estimate of drug-likeness (QED) is 0.682. The minimum atomic E-state index is -3.69. The van der Waals surface area contributed by atoms with Gasteiger partial charge >= 0.3 is 0 Å². The molecule has 1 fully saturated rings. The van der Waals surface area contributed by atoms with E-state index >= 15 is 0 Å². The number of sulfonamides is 1. The molecule has 0 radical (unpaired) electrons. The lowest BCUT2D eigenvalue weighted by atomic mass is 10.2. The van der Waals surface area contributed by atoms with Crippen molar-refractivity contribution in [3.8, 4) is 0 Å². The van der Waals surface area contributed by atoms with E-state index < -0.39 is 10.0 Å². The number of nitrogens with one attached hydrogen (secondary N) is 2. The van der Waals surface area contributed by atoms with Crippen LogP contribution in [0.1, 0.15) is 29.0 Å². The first-order valence-corrected chi connectivity index (χ1v) is 7.91. The van der Waals surface area contributed by atoms with E-state index in [2.05, 4.69) is 10.0 Å². The monoisotopic (exact) mass is 301 g/mol. The molecule has 1 atom stereocenters. The van der Waals surface area contributed by atoms with Gasteiger partial charge in [-0.25, -0.2) is 13.1 Å². The fourth-order valence-corrected chi connectivity index (χ4v) is 2.62. The summed E-state index contributed by atoms with van der Waals surface area (Å²) >= 11 is 0. The van der Waals surface area contributed by atoms with Crippen LogP contribution in [0.15, 0.2) is 15.6 Å². The molecule has 1 unspecified atom stereocenters. The molecule has 8 heteroatoms. The zero-order chi connectivity index (χ0) is 14.9. The summed E-state index contributed by atoms with van der Waals surface area (Å²) in [6.45, 7) is 1.92. The maximum atomic E-state index is 12.0. The maximum Gasteiger partial charge on any atom is 0.273 e. The topological polar surface area (TPSA) is 114 Å². The van der Waals surface area contributed by atoms with Gasteiger partial charge in [-0.15, -0.1) is 0 Å². The standard InChI is InChI=1S/C12H19N3O4S/c1-7-9(5-11(19-7)20(17,18)14-2)12(16)15-6-10(13)8-3-4-8/h5,8,10,14H,3-4,6,13H2,1-2H3,(H,15,16). The smallest absolute Gasteiger partial charge is 0.273 e. The summed E-state index contributed by atoms with van der Waals surface area (Å²) in [4.78, 5) is 12.0. The van der Waals surface area contributed by atoms with Gasteiger partial charge in [0.25, 0.3) is 15.9 Å². The Balaban J connectivity index is 2.06. The van der Waals surface area contributed by atoms with E-state index in [4.69, 9.17) is 10.2 Å². The van der Waals surface area contributed by atoms with Crippen molar-refractivity contribution < 1.29 is 17.6 Å². The van der Waals surface area contributed by atoms with Gasteiger partial charge in [0, 0.05) is 18.7 Å². The number of furan rings is 1. The molecule has 1 amide bonds. The van der Waals surface area contributed by atoms with E-state index in [1.54, 1.807) is 6.92 Å². The van der Waals surface area contributed by atoms with Gasteiger partial charge in [-0.3, -0.25) is 4.79 Å². The van der Waals surface area contributed by atoms with Crippen LogP contribution < -0.4 is 15.8 Å². The van der Waals surface area contributed by atoms with Crippen LogP contribution in [0.25, 0.3) is 0 Å². The summed E-state index contributed by atoms with van der Waals surface area (Å²) in [6, 6.07) is 1.17. The van der Waals surface area contributed by atoms with E-state index in [1.165, 1.54) is 13.1 Å². The largest absolute Gasteiger partial charge is 0.448 e. The summed E-state index contributed by atoms with van der Waals surface area (Å²) in [7, 11) is -2.41. The Hall–Kier alpha value is -1.38. The lowest BCUT2D eigenvalue weighted by molar-refractivity contribution is 0.0948. The number of hydrogen-bond donors (Lipinski definition) is 3. The predicted octanol–water partition coefficient (Wildman–Crippen LogP) is -0.0368. The van der Waals surface area contributed by atoms with Crippen LogP contribution >= 0.6 is 0 Å². The predicted molar refractivity (Wildman–Crippen MR) is 72.7 cm³/mol. The molecule has 0 spiro atoms. The molecule has 1 aliphatic rings. The first-order valence-electron chi connectivity index (χ1n) is 6.43. The van der Waals surface area contributed by atoms with Crippen molar-refractivity contribution >= 4 is 15.9 Å². The first kappa shape index (κ1) is 15.0. The average Bonchev–Trinajstić information content (AvgIpc) is 3.18. The second kappa shape index (κ2) is 5.55. The number of hydrogen-bond acceptors (Lipinski definition) is 5. The minimum absolute atomic E-state index is 0.0494. The van der Waals surface area contributed by atoms with E-state index in [9.17, 15) is 13.2 Å². The maximum absolute atomic E-state index is 12.0. The van der Waals surface area contributed by atoms with E-state index in [0.29, 0.717) is 12.5 Å². The van der Waals surface area contributed by atoms with Crippen LogP contribution in [-0.4, -0.2) is 34.0 Å². The fourth-order valence-electron chi connectivity index (χ4n) is 1.91. The lowest BCUT2D eigenvalue weighted by Gasteiger charge is -2.10. The highest BCUT2D eigenvalue weighted by Crippen LogP contribution is 2.31. The molecule has 1 saturated carbocycles. The van der Waals surface area contributed by atoms with Crippen LogP contribution in [0.2, 0.25) is 0 Å².